The van der Waals surface area contributed by atoms with Crippen LogP contribution in [0.4, 0.5) is 28.3 Å². The van der Waals surface area contributed by atoms with Gasteiger partial charge in [0.1, 0.15) is 11.9 Å². The van der Waals surface area contributed by atoms with Gasteiger partial charge >= 0.3 is 5.97 Å². The zero-order valence-corrected chi connectivity index (χ0v) is 51.6. The van der Waals surface area contributed by atoms with Crippen molar-refractivity contribution in [2.45, 2.75) is 110 Å². The number of hydrogen-bond donors (Lipinski definition) is 4. The van der Waals surface area contributed by atoms with Crippen molar-refractivity contribution >= 4 is 79.4 Å². The van der Waals surface area contributed by atoms with Crippen LogP contribution in [0.5, 0.6) is 0 Å². The molecule has 7 aliphatic rings. The molecule has 4 aliphatic carbocycles. The van der Waals surface area contributed by atoms with Crippen molar-refractivity contribution in [2.75, 3.05) is 108 Å². The number of thiazole rings is 1. The highest BCUT2D eigenvalue weighted by Gasteiger charge is 2.66. The SMILES string of the molecule is Cc1c(Nc2nc3ccccc3s2)nnc2c1CCCN2c1ccc(-c2cnn(CC34CC5(C)CC(C)(C3)CC(OCCN(C)CCOCCOCCOCCOCCNc3cccc6c3C(=O)N(C3CCC(=O)NC3=O)C6=O)(C5)C4)c2C)c(C(=O)O)n1. The zero-order valence-electron chi connectivity index (χ0n) is 50.8. The van der Waals surface area contributed by atoms with Crippen LogP contribution in [0, 0.1) is 30.1 Å². The molecule has 1 saturated heterocycles. The van der Waals surface area contributed by atoms with Gasteiger partial charge in [0.2, 0.25) is 11.8 Å². The van der Waals surface area contributed by atoms with E-state index in [9.17, 15) is 29.1 Å². The van der Waals surface area contributed by atoms with Gasteiger partial charge in [-0.1, -0.05) is 43.4 Å². The smallest absolute Gasteiger partial charge is 0.355 e. The van der Waals surface area contributed by atoms with E-state index in [0.717, 1.165) is 107 Å². The third kappa shape index (κ3) is 12.7. The van der Waals surface area contributed by atoms with Crippen LogP contribution in [-0.4, -0.2) is 179 Å². The van der Waals surface area contributed by atoms with Gasteiger partial charge in [-0.15, -0.1) is 10.2 Å². The Labute approximate surface area is 515 Å². The molecule has 4 aromatic heterocycles. The Balaban J connectivity index is 0.560. The molecule has 13 rings (SSSR count). The van der Waals surface area contributed by atoms with E-state index in [4.69, 9.17) is 38.8 Å². The minimum absolute atomic E-state index is 0.0222. The number of imide groups is 2. The fraction of sp³-hybridized carbons (Fsp3) is 0.531. The Morgan fingerprint density at radius 3 is 2.25 bits per heavy atom. The lowest BCUT2D eigenvalue weighted by Crippen LogP contribution is -2.64. The molecule has 6 aromatic rings. The molecule has 4 amide bonds. The molecule has 7 heterocycles. The molecule has 0 spiro atoms. The molecule has 4 N–H and O–H groups in total. The summed E-state index contributed by atoms with van der Waals surface area (Å²) in [5.74, 6) is -1.43. The van der Waals surface area contributed by atoms with Crippen molar-refractivity contribution in [2.24, 2.45) is 16.2 Å². The van der Waals surface area contributed by atoms with Crippen molar-refractivity contribution in [1.29, 1.82) is 0 Å². The maximum atomic E-state index is 13.3. The highest BCUT2D eigenvalue weighted by Crippen LogP contribution is 2.72. The number of carboxylic acids is 1. The van der Waals surface area contributed by atoms with Gasteiger partial charge in [0, 0.05) is 72.8 Å². The fourth-order valence-corrected chi connectivity index (χ4v) is 16.6. The molecule has 24 heteroatoms. The summed E-state index contributed by atoms with van der Waals surface area (Å²) < 4.78 is 33.3. The van der Waals surface area contributed by atoms with Gasteiger partial charge < -0.3 is 49.2 Å². The number of pyridine rings is 1. The quantitative estimate of drug-likeness (QED) is 0.0267. The standard InChI is InChI=1S/C64H78N12O11S/c1-40-42-11-9-20-74(55(42)72-71-54(40)70-60-67-46-12-6-7-14-49(46)88-60)50-17-15-43(53(68-50)59(81)82)45-32-66-75(41(45)2)39-63-34-61(3)33-62(4,35-63)37-64(36-61,38-63)87-25-22-73(5)21-24-84-27-29-86-31-30-85-28-26-83-23-19-65-47-13-8-10-44-52(47)58(80)76(57(44)79)48-16-18-51(77)69-56(48)78/h6-8,10,12-15,17,32,48,65H,9,11,16,18-31,33-39H2,1-5H3,(H,81,82)(H,67,70,71)(H,69,77,78). The van der Waals surface area contributed by atoms with E-state index in [0.29, 0.717) is 101 Å². The maximum Gasteiger partial charge on any atom is 0.355 e. The number of nitrogens with zero attached hydrogens (tertiary/aromatic N) is 9. The summed E-state index contributed by atoms with van der Waals surface area (Å²) in [6.45, 7) is 16.3. The summed E-state index contributed by atoms with van der Waals surface area (Å²) in [6.07, 6.45) is 10.1. The first-order valence-corrected chi connectivity index (χ1v) is 31.5. The summed E-state index contributed by atoms with van der Waals surface area (Å²) >= 11 is 1.57. The van der Waals surface area contributed by atoms with Crippen LogP contribution in [-0.2, 0) is 46.2 Å². The predicted molar refractivity (Wildman–Crippen MR) is 330 cm³/mol. The van der Waals surface area contributed by atoms with Gasteiger partial charge in [-0.05, 0) is 131 Å². The lowest BCUT2D eigenvalue weighted by atomic mass is 9.39. The monoisotopic (exact) mass is 1220 g/mol. The Morgan fingerprint density at radius 1 is 0.784 bits per heavy atom. The highest BCUT2D eigenvalue weighted by atomic mass is 32.1. The number of para-hydroxylation sites is 1. The number of piperidine rings is 1. The maximum absolute atomic E-state index is 13.3. The minimum Gasteiger partial charge on any atom is -0.476 e. The summed E-state index contributed by atoms with van der Waals surface area (Å²) in [6, 6.07) is 15.7. The molecule has 3 aliphatic heterocycles. The number of anilines is 5. The molecule has 3 atom stereocenters. The summed E-state index contributed by atoms with van der Waals surface area (Å²) in [4.78, 5) is 78.3. The van der Waals surface area contributed by atoms with E-state index >= 15 is 0 Å². The average molecular weight is 1220 g/mol. The van der Waals surface area contributed by atoms with Gasteiger partial charge in [-0.3, -0.25) is 34.1 Å². The van der Waals surface area contributed by atoms with E-state index in [-0.39, 0.29) is 51.5 Å². The van der Waals surface area contributed by atoms with Crippen LogP contribution >= 0.6 is 11.3 Å². The molecule has 23 nitrogen and oxygen atoms in total. The largest absolute Gasteiger partial charge is 0.476 e. The molecule has 88 heavy (non-hydrogen) atoms. The summed E-state index contributed by atoms with van der Waals surface area (Å²) in [5.41, 5.74) is 6.08. The number of aromatic carboxylic acids is 1. The van der Waals surface area contributed by atoms with E-state index < -0.39 is 35.6 Å². The number of rotatable bonds is 28. The Hall–Kier alpha value is -7.32. The molecule has 3 unspecified atom stereocenters. The van der Waals surface area contributed by atoms with E-state index in [1.165, 1.54) is 6.42 Å². The average Bonchev–Trinajstić information content (AvgIpc) is 0.840. The van der Waals surface area contributed by atoms with E-state index in [2.05, 4.69) is 56.6 Å². The van der Waals surface area contributed by atoms with Crippen molar-refractivity contribution in [3.05, 3.63) is 94.4 Å². The van der Waals surface area contributed by atoms with Gasteiger partial charge in [0.15, 0.2) is 22.5 Å². The molecule has 0 radical (unpaired) electrons. The second-order valence-corrected chi connectivity index (χ2v) is 26.6. The summed E-state index contributed by atoms with van der Waals surface area (Å²) in [7, 11) is 2.10. The van der Waals surface area contributed by atoms with Crippen LogP contribution in [0.1, 0.15) is 120 Å². The topological polar surface area (TPSA) is 267 Å². The molecular weight excluding hydrogens is 1140 g/mol. The van der Waals surface area contributed by atoms with Gasteiger partial charge in [-0.25, -0.2) is 14.8 Å². The van der Waals surface area contributed by atoms with Crippen molar-refractivity contribution in [3.63, 3.8) is 0 Å². The number of hydrogen-bond acceptors (Lipinski definition) is 20. The van der Waals surface area contributed by atoms with Gasteiger partial charge in [-0.2, -0.15) is 5.10 Å². The molecule has 4 bridgehead atoms. The third-order valence-corrected chi connectivity index (χ3v) is 19.4. The predicted octanol–water partition coefficient (Wildman–Crippen LogP) is 8.14. The van der Waals surface area contributed by atoms with E-state index in [1.807, 2.05) is 61.3 Å². The number of ether oxygens (including phenoxy) is 5. The summed E-state index contributed by atoms with van der Waals surface area (Å²) in [5, 5.41) is 34.5. The first-order valence-electron chi connectivity index (χ1n) is 30.7. The molecule has 466 valence electrons. The van der Waals surface area contributed by atoms with Gasteiger partial charge in [0.25, 0.3) is 11.8 Å². The minimum atomic E-state index is -1.10. The van der Waals surface area contributed by atoms with Crippen molar-refractivity contribution in [1.82, 2.24) is 45.1 Å². The first kappa shape index (κ1) is 60.9. The van der Waals surface area contributed by atoms with Crippen LogP contribution in [0.15, 0.2) is 60.8 Å². The van der Waals surface area contributed by atoms with Crippen LogP contribution in [0.25, 0.3) is 21.3 Å². The lowest BCUT2D eigenvalue weighted by molar-refractivity contribution is -0.248. The third-order valence-electron chi connectivity index (χ3n) is 18.4. The van der Waals surface area contributed by atoms with Crippen LogP contribution in [0.2, 0.25) is 0 Å². The Bertz CT molecular complexity index is 3600. The number of carboxylic acid groups (broad SMARTS) is 1. The van der Waals surface area contributed by atoms with Crippen molar-refractivity contribution in [3.8, 4) is 11.1 Å². The normalized spacial score (nSPS) is 23.8. The molecular formula is C64H78N12O11S. The second-order valence-electron chi connectivity index (χ2n) is 25.6. The zero-order chi connectivity index (χ0) is 61.4. The Morgan fingerprint density at radius 2 is 1.51 bits per heavy atom. The number of nitrogens with one attached hydrogen (secondary N) is 3. The van der Waals surface area contributed by atoms with E-state index in [1.54, 1.807) is 29.5 Å². The number of fused-ring (bicyclic) bond motifs is 3. The molecule has 2 aromatic carbocycles. The second kappa shape index (κ2) is 25.3. The number of amides is 4. The molecule has 4 saturated carbocycles. The number of carbonyl (C=O) groups excluding carboxylic acids is 4. The first-order chi connectivity index (χ1) is 42.4. The van der Waals surface area contributed by atoms with Crippen LogP contribution < -0.4 is 20.9 Å². The number of carbonyl (C=O) groups is 5. The Kier molecular flexibility index (Phi) is 17.5. The van der Waals surface area contributed by atoms with Crippen molar-refractivity contribution < 1.29 is 52.8 Å². The number of benzene rings is 2. The number of aromatic nitrogens is 6. The highest BCUT2D eigenvalue weighted by molar-refractivity contribution is 7.22. The molecule has 5 fully saturated rings. The van der Waals surface area contributed by atoms with Gasteiger partial charge in [0.05, 0.1) is 92.6 Å². The lowest BCUT2D eigenvalue weighted by Gasteiger charge is -2.69. The number of likely N-dealkylation sites (N-methyl/N-ethyl adjacent to an activating group) is 1. The fourth-order valence-electron chi connectivity index (χ4n) is 15.7. The van der Waals surface area contributed by atoms with Crippen LogP contribution in [0.3, 0.4) is 0 Å².